The summed E-state index contributed by atoms with van der Waals surface area (Å²) in [5, 5.41) is 7.18. The number of anilines is 1. The summed E-state index contributed by atoms with van der Waals surface area (Å²) in [6.07, 6.45) is -0.370. The van der Waals surface area contributed by atoms with Crippen LogP contribution in [0, 0.1) is 0 Å². The van der Waals surface area contributed by atoms with Crippen LogP contribution < -0.4 is 5.32 Å². The van der Waals surface area contributed by atoms with Crippen LogP contribution in [-0.4, -0.2) is 57.7 Å². The molecule has 1 aromatic rings. The first-order valence-corrected chi connectivity index (χ1v) is 10.2. The molecule has 0 aliphatic carbocycles. The lowest BCUT2D eigenvalue weighted by atomic mass is 10.0. The highest BCUT2D eigenvalue weighted by molar-refractivity contribution is 5.96. The number of hydrogen-bond donors (Lipinski definition) is 1. The summed E-state index contributed by atoms with van der Waals surface area (Å²) in [5.74, 6) is -0.155. The van der Waals surface area contributed by atoms with Crippen molar-refractivity contribution >= 4 is 23.9 Å². The topological polar surface area (TPSA) is 112 Å². The molecule has 10 heteroatoms. The quantitative estimate of drug-likeness (QED) is 0.797. The van der Waals surface area contributed by atoms with E-state index < -0.39 is 29.4 Å². The van der Waals surface area contributed by atoms with Gasteiger partial charge in [-0.2, -0.15) is 5.10 Å². The summed E-state index contributed by atoms with van der Waals surface area (Å²) in [7, 11) is 0. The van der Waals surface area contributed by atoms with Gasteiger partial charge in [-0.25, -0.2) is 9.59 Å². The fourth-order valence-electron chi connectivity index (χ4n) is 3.61. The molecule has 2 aliphatic heterocycles. The molecule has 1 unspecified atom stereocenters. The Balaban J connectivity index is 1.96. The predicted octanol–water partition coefficient (Wildman–Crippen LogP) is 2.99. The van der Waals surface area contributed by atoms with E-state index in [1.165, 1.54) is 4.90 Å². The first-order chi connectivity index (χ1) is 14.0. The van der Waals surface area contributed by atoms with Crippen LogP contribution in [0.1, 0.15) is 65.6 Å². The van der Waals surface area contributed by atoms with Crippen molar-refractivity contribution < 1.29 is 28.6 Å². The number of nitrogens with one attached hydrogen (secondary N) is 1. The highest BCUT2D eigenvalue weighted by Gasteiger charge is 2.47. The predicted molar refractivity (Wildman–Crippen MR) is 107 cm³/mol. The number of aromatic nitrogens is 2. The highest BCUT2D eigenvalue weighted by atomic mass is 16.6. The van der Waals surface area contributed by atoms with Gasteiger partial charge >= 0.3 is 12.2 Å². The van der Waals surface area contributed by atoms with Gasteiger partial charge in [0.1, 0.15) is 17.5 Å². The Labute approximate surface area is 175 Å². The number of carbonyl (C=O) groups excluding carboxylic acids is 3. The van der Waals surface area contributed by atoms with Crippen molar-refractivity contribution in [3.05, 3.63) is 11.3 Å². The van der Waals surface area contributed by atoms with Crippen molar-refractivity contribution in [2.24, 2.45) is 0 Å². The molecule has 0 saturated carbocycles. The van der Waals surface area contributed by atoms with Crippen LogP contribution in [0.3, 0.4) is 0 Å². The molecule has 0 bridgehead atoms. The summed E-state index contributed by atoms with van der Waals surface area (Å²) in [5.41, 5.74) is -0.428. The van der Waals surface area contributed by atoms with Crippen molar-refractivity contribution in [2.75, 3.05) is 18.5 Å². The van der Waals surface area contributed by atoms with Gasteiger partial charge in [-0.3, -0.25) is 9.69 Å². The molecule has 3 heterocycles. The largest absolute Gasteiger partial charge is 0.448 e. The van der Waals surface area contributed by atoms with Gasteiger partial charge in [0.05, 0.1) is 24.4 Å². The van der Waals surface area contributed by atoms with Gasteiger partial charge in [0, 0.05) is 12.2 Å². The maximum absolute atomic E-state index is 12.8. The standard InChI is InChI=1S/C20H30N4O6/c1-7-28-18(27)24-15(21-16(25)13-9-8-10-29-13)12-11-23(17(26)30-19(2,3)4)20(5,6)14(12)22-24/h13H,7-11H2,1-6H3,(H,21,25). The second kappa shape index (κ2) is 7.90. The van der Waals surface area contributed by atoms with Crippen LogP contribution in [0.2, 0.25) is 0 Å². The minimum atomic E-state index is -0.848. The molecule has 10 nitrogen and oxygen atoms in total. The van der Waals surface area contributed by atoms with E-state index in [-0.39, 0.29) is 24.9 Å². The van der Waals surface area contributed by atoms with Crippen LogP contribution >= 0.6 is 0 Å². The monoisotopic (exact) mass is 422 g/mol. The third-order valence-corrected chi connectivity index (χ3v) is 5.07. The van der Waals surface area contributed by atoms with E-state index in [1.54, 1.807) is 27.7 Å². The van der Waals surface area contributed by atoms with Crippen LogP contribution in [-0.2, 0) is 31.1 Å². The summed E-state index contributed by atoms with van der Waals surface area (Å²) in [4.78, 5) is 39.5. The summed E-state index contributed by atoms with van der Waals surface area (Å²) >= 11 is 0. The molecule has 0 radical (unpaired) electrons. The minimum absolute atomic E-state index is 0.137. The van der Waals surface area contributed by atoms with E-state index in [4.69, 9.17) is 14.2 Å². The molecule has 0 spiro atoms. The number of carbonyl (C=O) groups is 3. The van der Waals surface area contributed by atoms with Crippen LogP contribution in [0.5, 0.6) is 0 Å². The molecule has 0 aromatic carbocycles. The van der Waals surface area contributed by atoms with Crippen LogP contribution in [0.25, 0.3) is 0 Å². The van der Waals surface area contributed by atoms with Crippen LogP contribution in [0.4, 0.5) is 15.4 Å². The first kappa shape index (κ1) is 22.1. The zero-order chi connectivity index (χ0) is 22.3. The average molecular weight is 422 g/mol. The number of amides is 2. The highest BCUT2D eigenvalue weighted by Crippen LogP contribution is 2.42. The average Bonchev–Trinajstić information content (AvgIpc) is 3.31. The second-order valence-electron chi connectivity index (χ2n) is 8.90. The molecular formula is C20H30N4O6. The Morgan fingerprint density at radius 1 is 1.27 bits per heavy atom. The summed E-state index contributed by atoms with van der Waals surface area (Å²) < 4.78 is 17.1. The number of ether oxygens (including phenoxy) is 3. The van der Waals surface area contributed by atoms with Crippen LogP contribution in [0.15, 0.2) is 0 Å². The molecule has 3 rings (SSSR count). The van der Waals surface area contributed by atoms with Gasteiger partial charge < -0.3 is 19.5 Å². The molecule has 2 amide bonds. The maximum Gasteiger partial charge on any atom is 0.436 e. The Morgan fingerprint density at radius 3 is 2.53 bits per heavy atom. The minimum Gasteiger partial charge on any atom is -0.448 e. The van der Waals surface area contributed by atoms with Crippen molar-refractivity contribution in [2.45, 2.75) is 78.2 Å². The summed E-state index contributed by atoms with van der Waals surface area (Å²) in [6, 6.07) is 0. The lowest BCUT2D eigenvalue weighted by Crippen LogP contribution is -2.44. The van der Waals surface area contributed by atoms with E-state index in [1.807, 2.05) is 13.8 Å². The maximum atomic E-state index is 12.8. The number of hydrogen-bond acceptors (Lipinski definition) is 7. The van der Waals surface area contributed by atoms with Gasteiger partial charge in [-0.05, 0) is 54.4 Å². The second-order valence-corrected chi connectivity index (χ2v) is 8.90. The Bertz CT molecular complexity index is 848. The fraction of sp³-hybridized carbons (Fsp3) is 0.700. The first-order valence-electron chi connectivity index (χ1n) is 10.2. The molecule has 2 aliphatic rings. The van der Waals surface area contributed by atoms with E-state index in [9.17, 15) is 14.4 Å². The molecule has 1 N–H and O–H groups in total. The Hall–Kier alpha value is -2.62. The third kappa shape index (κ3) is 4.14. The molecule has 30 heavy (non-hydrogen) atoms. The number of rotatable bonds is 3. The van der Waals surface area contributed by atoms with E-state index in [2.05, 4.69) is 10.4 Å². The fourth-order valence-corrected chi connectivity index (χ4v) is 3.61. The number of nitrogens with zero attached hydrogens (tertiary/aromatic N) is 3. The molecule has 166 valence electrons. The van der Waals surface area contributed by atoms with E-state index >= 15 is 0 Å². The lowest BCUT2D eigenvalue weighted by molar-refractivity contribution is -0.124. The summed E-state index contributed by atoms with van der Waals surface area (Å²) in [6.45, 7) is 11.5. The van der Waals surface area contributed by atoms with Gasteiger partial charge in [0.15, 0.2) is 0 Å². The third-order valence-electron chi connectivity index (χ3n) is 5.07. The zero-order valence-electron chi connectivity index (χ0n) is 18.4. The Kier molecular flexibility index (Phi) is 5.81. The van der Waals surface area contributed by atoms with Gasteiger partial charge in [0.2, 0.25) is 0 Å². The van der Waals surface area contributed by atoms with E-state index in [0.717, 1.165) is 11.1 Å². The lowest BCUT2D eigenvalue weighted by Gasteiger charge is -2.33. The number of fused-ring (bicyclic) bond motifs is 1. The molecule has 1 aromatic heterocycles. The van der Waals surface area contributed by atoms with Crippen molar-refractivity contribution in [3.63, 3.8) is 0 Å². The van der Waals surface area contributed by atoms with Gasteiger partial charge in [-0.15, -0.1) is 4.68 Å². The normalized spacial score (nSPS) is 20.1. The van der Waals surface area contributed by atoms with Crippen molar-refractivity contribution in [3.8, 4) is 0 Å². The van der Waals surface area contributed by atoms with Gasteiger partial charge in [-0.1, -0.05) is 0 Å². The SMILES string of the molecule is CCOC(=O)n1nc2c(c1NC(=O)C1CCCO1)CN(C(=O)OC(C)(C)C)C2(C)C. The molecular weight excluding hydrogens is 392 g/mol. The smallest absolute Gasteiger partial charge is 0.436 e. The zero-order valence-corrected chi connectivity index (χ0v) is 18.4. The Morgan fingerprint density at radius 2 is 1.97 bits per heavy atom. The van der Waals surface area contributed by atoms with E-state index in [0.29, 0.717) is 24.3 Å². The molecule has 1 fully saturated rings. The van der Waals surface area contributed by atoms with Crippen molar-refractivity contribution in [1.82, 2.24) is 14.7 Å². The molecule has 1 atom stereocenters. The van der Waals surface area contributed by atoms with Gasteiger partial charge in [0.25, 0.3) is 5.91 Å². The molecule has 1 saturated heterocycles. The van der Waals surface area contributed by atoms with Crippen molar-refractivity contribution in [1.29, 1.82) is 0 Å².